The summed E-state index contributed by atoms with van der Waals surface area (Å²) in [4.78, 5) is 0. The molecule has 0 fully saturated rings. The summed E-state index contributed by atoms with van der Waals surface area (Å²) >= 11 is 0. The summed E-state index contributed by atoms with van der Waals surface area (Å²) in [6, 6.07) is 67.0. The van der Waals surface area contributed by atoms with Gasteiger partial charge in [0, 0.05) is 38.4 Å². The van der Waals surface area contributed by atoms with E-state index in [0.717, 1.165) is 77.7 Å². The van der Waals surface area contributed by atoms with Crippen LogP contribution in [0.2, 0.25) is 0 Å². The second kappa shape index (κ2) is 29.1. The van der Waals surface area contributed by atoms with E-state index in [4.69, 9.17) is 22.6 Å². The van der Waals surface area contributed by atoms with Crippen molar-refractivity contribution in [1.82, 2.24) is 0 Å². The van der Waals surface area contributed by atoms with Crippen molar-refractivity contribution in [1.29, 1.82) is 0 Å². The molecule has 9 aromatic carbocycles. The van der Waals surface area contributed by atoms with Crippen LogP contribution in [0.4, 0.5) is 0 Å². The van der Waals surface area contributed by atoms with Crippen molar-refractivity contribution in [3.8, 4) is 51.0 Å². The number of hydrogen-bond donors (Lipinski definition) is 0. The van der Waals surface area contributed by atoms with Crippen LogP contribution < -0.4 is 43.8 Å². The molecule has 0 aliphatic carbocycles. The lowest BCUT2D eigenvalue weighted by molar-refractivity contribution is 0.387. The largest absolute Gasteiger partial charge is 0.464 e. The van der Waals surface area contributed by atoms with Crippen molar-refractivity contribution in [2.45, 2.75) is 262 Å². The van der Waals surface area contributed by atoms with Crippen molar-refractivity contribution in [2.75, 3.05) is 0 Å². The molecule has 103 heavy (non-hydrogen) atoms. The molecule has 9 aromatic rings. The minimum atomic E-state index is -4.15. The summed E-state index contributed by atoms with van der Waals surface area (Å²) in [6.07, 6.45) is 0. The lowest BCUT2D eigenvalue weighted by Gasteiger charge is -2.31. The fraction of sp³-hybridized carbons (Fsp3) is 0.426. The average molecular weight is 1440 g/mol. The van der Waals surface area contributed by atoms with E-state index in [9.17, 15) is 0 Å². The van der Waals surface area contributed by atoms with Crippen molar-refractivity contribution in [3.63, 3.8) is 0 Å². The zero-order chi connectivity index (χ0) is 76.4. The molecule has 9 rings (SSSR count). The van der Waals surface area contributed by atoms with E-state index in [1.165, 1.54) is 33.4 Å². The highest BCUT2D eigenvalue weighted by atomic mass is 31.2. The third-order valence-corrected chi connectivity index (χ3v) is 24.6. The highest BCUT2D eigenvalue weighted by Crippen LogP contribution is 2.54. The summed E-state index contributed by atoms with van der Waals surface area (Å²) < 4.78 is 52.1. The first-order chi connectivity index (χ1) is 47.2. The summed E-state index contributed by atoms with van der Waals surface area (Å²) in [5.41, 5.74) is 14.1. The van der Waals surface area contributed by atoms with Gasteiger partial charge < -0.3 is 22.6 Å². The molecule has 0 aliphatic heterocycles. The quantitative estimate of drug-likeness (QED) is 0.0899. The molecule has 6 nitrogen and oxygen atoms in total. The Morgan fingerprint density at radius 2 is 0.447 bits per heavy atom. The van der Waals surface area contributed by atoms with Gasteiger partial charge in [-0.15, -0.1) is 0 Å². The Labute approximate surface area is 625 Å². The molecule has 0 amide bonds. The molecule has 0 saturated heterocycles. The first-order valence-electron chi connectivity index (χ1n) is 37.0. The predicted molar refractivity (Wildman–Crippen MR) is 446 cm³/mol. The van der Waals surface area contributed by atoms with Crippen molar-refractivity contribution in [3.05, 3.63) is 244 Å². The average Bonchev–Trinajstić information content (AvgIpc) is 0.767. The molecule has 0 aromatic heterocycles. The van der Waals surface area contributed by atoms with Gasteiger partial charge in [0.1, 0.15) is 28.7 Å². The molecule has 548 valence electrons. The third-order valence-electron chi connectivity index (χ3n) is 19.4. The fourth-order valence-corrected chi connectivity index (χ4v) is 17.2. The van der Waals surface area contributed by atoms with Gasteiger partial charge in [-0.3, -0.25) is 0 Å². The van der Waals surface area contributed by atoms with E-state index in [-0.39, 0.29) is 54.1 Å². The van der Waals surface area contributed by atoms with Crippen LogP contribution in [0.1, 0.15) is 263 Å². The Balaban J connectivity index is 1.09. The summed E-state index contributed by atoms with van der Waals surface area (Å²) in [6.45, 7) is 67.0. The zero-order valence-corrected chi connectivity index (χ0v) is 70.9. The van der Waals surface area contributed by atoms with Crippen LogP contribution in [-0.4, -0.2) is 0 Å². The van der Waals surface area contributed by atoms with E-state index < -0.39 is 24.1 Å². The molecule has 0 bridgehead atoms. The van der Waals surface area contributed by atoms with Crippen LogP contribution in [-0.2, 0) is 58.7 Å². The molecule has 0 saturated carbocycles. The molecule has 0 aliphatic rings. The van der Waals surface area contributed by atoms with Gasteiger partial charge in [-0.1, -0.05) is 341 Å². The van der Waals surface area contributed by atoms with Crippen LogP contribution in [0, 0.1) is 0 Å². The minimum Gasteiger partial charge on any atom is -0.464 e. The van der Waals surface area contributed by atoms with Crippen LogP contribution in [0.5, 0.6) is 28.7 Å². The molecule has 1 unspecified atom stereocenters. The number of rotatable bonds is 16. The molecular formula is C94H121O6P3. The molecule has 9 heteroatoms. The Bertz CT molecular complexity index is 4350. The van der Waals surface area contributed by atoms with E-state index in [0.29, 0.717) is 16.8 Å². The lowest BCUT2D eigenvalue weighted by Crippen LogP contribution is -2.21. The predicted octanol–water partition coefficient (Wildman–Crippen LogP) is 26.5. The Morgan fingerprint density at radius 1 is 0.233 bits per heavy atom. The Hall–Kier alpha value is -6.93. The monoisotopic (exact) mass is 1440 g/mol. The Morgan fingerprint density at radius 3 is 0.689 bits per heavy atom. The smallest absolute Gasteiger partial charge is 0.462 e. The normalized spacial score (nSPS) is 13.6. The van der Waals surface area contributed by atoms with Gasteiger partial charge in [-0.2, -0.15) is 0 Å². The minimum absolute atomic E-state index is 0.0304. The maximum Gasteiger partial charge on any atom is 0.462 e. The van der Waals surface area contributed by atoms with E-state index in [2.05, 4.69) is 359 Å². The summed E-state index contributed by atoms with van der Waals surface area (Å²) in [7, 11) is -7.22. The summed E-state index contributed by atoms with van der Waals surface area (Å²) in [5, 5.41) is 3.58. The zero-order valence-electron chi connectivity index (χ0n) is 68.2. The molecule has 0 N–H and O–H groups in total. The second-order valence-corrected chi connectivity index (χ2v) is 43.8. The first kappa shape index (κ1) is 80.2. The van der Waals surface area contributed by atoms with E-state index >= 15 is 4.57 Å². The van der Waals surface area contributed by atoms with Gasteiger partial charge >= 0.3 is 16.0 Å². The van der Waals surface area contributed by atoms with Crippen molar-refractivity contribution >= 4 is 45.3 Å². The SMILES string of the molecule is CC(C)(C)c1ccc(OP(Oc2ccc(C(C)(C)C)cc2C(C)(C)C)c2ccc(-c3ccc(P(Oc4ccc(C(C)(C)C)cc4C(C)(C)C)c4ccc(-c5ccc(P(=O)(Oc6ccc(C(C)(C)C)cc6C(C)(C)C)Oc6ccc(C(C)(C)C)cc6C(C)(C)C)cc5)cc4)cc3)cc2)c(C(C)(C)C)c1. The molecule has 1 atom stereocenters. The van der Waals surface area contributed by atoms with Gasteiger partial charge in [0.25, 0.3) is 0 Å². The van der Waals surface area contributed by atoms with E-state index in [1.807, 2.05) is 36.4 Å². The number of benzene rings is 9. The van der Waals surface area contributed by atoms with Crippen LogP contribution in [0.25, 0.3) is 22.3 Å². The third kappa shape index (κ3) is 19.4. The fourth-order valence-electron chi connectivity index (χ4n) is 12.5. The van der Waals surface area contributed by atoms with E-state index in [1.54, 1.807) is 0 Å². The topological polar surface area (TPSA) is 63.2 Å². The first-order valence-corrected chi connectivity index (χ1v) is 41.0. The summed E-state index contributed by atoms with van der Waals surface area (Å²) in [5.74, 6) is 3.62. The standard InChI is InChI=1S/C94H121O6P3/c1-85(2,3)66-39-52-80(75(57-66)90(16,17)18)96-101(71-44-31-62(32-45-71)64-35-48-73(49-36-64)102(97-81-53-40-67(86(4,5)6)58-76(81)91(19,20)21)98-82-54-41-68(87(7,8)9)59-77(82)92(22,23)24)72-46-33-63(34-47-72)65-37-50-74(51-38-65)103(95,99-83-55-42-69(88(10,11)12)60-78(83)93(25,26)27)100-84-56-43-70(89(13,14)15)61-79(84)94(28,29)30/h31-61H,1-30H3. The van der Waals surface area contributed by atoms with Crippen molar-refractivity contribution < 1.29 is 27.2 Å². The van der Waals surface area contributed by atoms with Gasteiger partial charge in [0.05, 0.1) is 10.6 Å². The number of hydrogen-bond acceptors (Lipinski definition) is 6. The van der Waals surface area contributed by atoms with Gasteiger partial charge in [0.15, 0.2) is 8.15 Å². The maximum absolute atomic E-state index is 16.2. The van der Waals surface area contributed by atoms with Crippen molar-refractivity contribution in [2.24, 2.45) is 0 Å². The molecule has 0 radical (unpaired) electrons. The Kier molecular flexibility index (Phi) is 22.6. The van der Waals surface area contributed by atoms with Crippen LogP contribution >= 0.6 is 24.1 Å². The van der Waals surface area contributed by atoms with Crippen LogP contribution in [0.15, 0.2) is 188 Å². The highest BCUT2D eigenvalue weighted by Gasteiger charge is 2.38. The molecule has 0 spiro atoms. The maximum atomic E-state index is 16.2. The lowest BCUT2D eigenvalue weighted by atomic mass is 9.80. The van der Waals surface area contributed by atoms with Crippen LogP contribution in [0.3, 0.4) is 0 Å². The second-order valence-electron chi connectivity index (χ2n) is 38.7. The molecule has 0 heterocycles. The molecular weight excluding hydrogens is 1320 g/mol. The van der Waals surface area contributed by atoms with Gasteiger partial charge in [-0.25, -0.2) is 4.57 Å². The van der Waals surface area contributed by atoms with Gasteiger partial charge in [0.2, 0.25) is 0 Å². The highest BCUT2D eigenvalue weighted by molar-refractivity contribution is 7.68. The van der Waals surface area contributed by atoms with Gasteiger partial charge in [-0.05, 0) is 159 Å².